The zero-order valence-corrected chi connectivity index (χ0v) is 9.83. The third kappa shape index (κ3) is 3.07. The molecule has 1 aliphatic heterocycles. The molecule has 5 heteroatoms. The Hall–Kier alpha value is -1.88. The topological polar surface area (TPSA) is 75.6 Å². The number of carbonyl (C=O) groups is 2. The molecule has 0 saturated carbocycles. The highest BCUT2D eigenvalue weighted by Crippen LogP contribution is 2.13. The van der Waals surface area contributed by atoms with E-state index in [1.807, 2.05) is 30.3 Å². The number of hydrogen-bond donors (Lipinski definition) is 2. The number of ether oxygens (including phenoxy) is 1. The summed E-state index contributed by atoms with van der Waals surface area (Å²) in [7, 11) is 0. The molecule has 1 amide bonds. The second-order valence-electron chi connectivity index (χ2n) is 4.22. The summed E-state index contributed by atoms with van der Waals surface area (Å²) in [6.45, 7) is 0.334. The van der Waals surface area contributed by atoms with Crippen LogP contribution in [0.1, 0.15) is 12.0 Å². The zero-order valence-electron chi connectivity index (χ0n) is 9.83. The maximum Gasteiger partial charge on any atom is 0.332 e. The molecule has 2 unspecified atom stereocenters. The molecule has 2 rings (SSSR count). The van der Waals surface area contributed by atoms with Crippen molar-refractivity contribution in [3.05, 3.63) is 35.9 Å². The van der Waals surface area contributed by atoms with Crippen LogP contribution in [0.2, 0.25) is 0 Å². The number of hydrogen-bond acceptors (Lipinski definition) is 3. The van der Waals surface area contributed by atoms with Gasteiger partial charge in [0, 0.05) is 19.4 Å². The fourth-order valence-corrected chi connectivity index (χ4v) is 1.92. The zero-order chi connectivity index (χ0) is 13.0. The van der Waals surface area contributed by atoms with E-state index in [1.165, 1.54) is 0 Å². The normalized spacial score (nSPS) is 24.1. The molecule has 96 valence electrons. The van der Waals surface area contributed by atoms with Crippen LogP contribution in [0.5, 0.6) is 0 Å². The predicted octanol–water partition coefficient (Wildman–Crippen LogP) is 0.587. The fourth-order valence-electron chi connectivity index (χ4n) is 1.92. The maximum atomic E-state index is 11.8. The van der Waals surface area contributed by atoms with Crippen molar-refractivity contribution in [3.8, 4) is 0 Å². The van der Waals surface area contributed by atoms with Crippen molar-refractivity contribution in [3.63, 3.8) is 0 Å². The van der Waals surface area contributed by atoms with Crippen LogP contribution in [-0.4, -0.2) is 35.7 Å². The van der Waals surface area contributed by atoms with Gasteiger partial charge in [-0.1, -0.05) is 30.3 Å². The Morgan fingerprint density at radius 2 is 2.11 bits per heavy atom. The molecule has 5 nitrogen and oxygen atoms in total. The molecule has 2 atom stereocenters. The lowest BCUT2D eigenvalue weighted by Crippen LogP contribution is -2.37. The van der Waals surface area contributed by atoms with Crippen LogP contribution in [-0.2, 0) is 20.7 Å². The molecule has 18 heavy (non-hydrogen) atoms. The lowest BCUT2D eigenvalue weighted by atomic mass is 10.1. The highest BCUT2D eigenvalue weighted by atomic mass is 16.5. The Morgan fingerprint density at radius 1 is 1.39 bits per heavy atom. The summed E-state index contributed by atoms with van der Waals surface area (Å²) in [4.78, 5) is 22.7. The standard InChI is InChI=1S/C13H15NO4/c15-12-11(8-9-4-2-1-3-5-9)18-10(13(16)17)6-7-14-12/h1-5,10-11H,6-8H2,(H,14,15)(H,16,17). The van der Waals surface area contributed by atoms with Crippen LogP contribution >= 0.6 is 0 Å². The molecule has 0 aromatic heterocycles. The summed E-state index contributed by atoms with van der Waals surface area (Å²) in [5.74, 6) is -1.27. The van der Waals surface area contributed by atoms with E-state index in [0.717, 1.165) is 5.56 Å². The second kappa shape index (κ2) is 5.64. The fraction of sp³-hybridized carbons (Fsp3) is 0.385. The third-order valence-electron chi connectivity index (χ3n) is 2.87. The molecule has 1 aliphatic rings. The number of amides is 1. The highest BCUT2D eigenvalue weighted by molar-refractivity contribution is 5.82. The minimum Gasteiger partial charge on any atom is -0.479 e. The van der Waals surface area contributed by atoms with Gasteiger partial charge in [0.15, 0.2) is 6.10 Å². The van der Waals surface area contributed by atoms with E-state index in [2.05, 4.69) is 5.32 Å². The van der Waals surface area contributed by atoms with E-state index < -0.39 is 18.2 Å². The van der Waals surface area contributed by atoms with Gasteiger partial charge in [0.05, 0.1) is 0 Å². The number of nitrogens with one attached hydrogen (secondary N) is 1. The molecule has 0 aliphatic carbocycles. The van der Waals surface area contributed by atoms with Crippen molar-refractivity contribution in [2.24, 2.45) is 0 Å². The quantitative estimate of drug-likeness (QED) is 0.822. The van der Waals surface area contributed by atoms with Crippen LogP contribution < -0.4 is 5.32 Å². The summed E-state index contributed by atoms with van der Waals surface area (Å²) < 4.78 is 5.38. The maximum absolute atomic E-state index is 11.8. The van der Waals surface area contributed by atoms with Crippen molar-refractivity contribution in [1.82, 2.24) is 5.32 Å². The Morgan fingerprint density at radius 3 is 2.78 bits per heavy atom. The van der Waals surface area contributed by atoms with Gasteiger partial charge in [-0.15, -0.1) is 0 Å². The molecule has 1 fully saturated rings. The van der Waals surface area contributed by atoms with Gasteiger partial charge < -0.3 is 15.2 Å². The van der Waals surface area contributed by atoms with Gasteiger partial charge in [0.25, 0.3) is 0 Å². The largest absolute Gasteiger partial charge is 0.479 e. The van der Waals surface area contributed by atoms with E-state index >= 15 is 0 Å². The van der Waals surface area contributed by atoms with Crippen molar-refractivity contribution < 1.29 is 19.4 Å². The molecule has 1 aromatic rings. The first-order valence-corrected chi connectivity index (χ1v) is 5.86. The van der Waals surface area contributed by atoms with Gasteiger partial charge in [-0.05, 0) is 5.56 Å². The van der Waals surface area contributed by atoms with E-state index in [9.17, 15) is 9.59 Å². The highest BCUT2D eigenvalue weighted by Gasteiger charge is 2.30. The van der Waals surface area contributed by atoms with Crippen LogP contribution in [0.15, 0.2) is 30.3 Å². The van der Waals surface area contributed by atoms with E-state index in [1.54, 1.807) is 0 Å². The molecule has 0 radical (unpaired) electrons. The Bertz CT molecular complexity index is 432. The lowest BCUT2D eigenvalue weighted by Gasteiger charge is -2.17. The van der Waals surface area contributed by atoms with Gasteiger partial charge in [-0.2, -0.15) is 0 Å². The smallest absolute Gasteiger partial charge is 0.332 e. The average molecular weight is 249 g/mol. The number of rotatable bonds is 3. The third-order valence-corrected chi connectivity index (χ3v) is 2.87. The summed E-state index contributed by atoms with van der Waals surface area (Å²) >= 11 is 0. The van der Waals surface area contributed by atoms with Crippen molar-refractivity contribution in [2.45, 2.75) is 25.0 Å². The van der Waals surface area contributed by atoms with Crippen molar-refractivity contribution in [2.75, 3.05) is 6.54 Å². The summed E-state index contributed by atoms with van der Waals surface area (Å²) in [6.07, 6.45) is -0.975. The molecule has 0 spiro atoms. The van der Waals surface area contributed by atoms with Crippen molar-refractivity contribution in [1.29, 1.82) is 0 Å². The van der Waals surface area contributed by atoms with E-state index in [0.29, 0.717) is 19.4 Å². The van der Waals surface area contributed by atoms with Crippen LogP contribution in [0.25, 0.3) is 0 Å². The lowest BCUT2D eigenvalue weighted by molar-refractivity contribution is -0.156. The van der Waals surface area contributed by atoms with Gasteiger partial charge in [-0.3, -0.25) is 4.79 Å². The van der Waals surface area contributed by atoms with E-state index in [4.69, 9.17) is 9.84 Å². The molecule has 2 N–H and O–H groups in total. The first kappa shape index (κ1) is 12.6. The van der Waals surface area contributed by atoms with Crippen molar-refractivity contribution >= 4 is 11.9 Å². The number of carbonyl (C=O) groups excluding carboxylic acids is 1. The van der Waals surface area contributed by atoms with E-state index in [-0.39, 0.29) is 5.91 Å². The predicted molar refractivity (Wildman–Crippen MR) is 64.1 cm³/mol. The van der Waals surface area contributed by atoms with Crippen LogP contribution in [0.3, 0.4) is 0 Å². The van der Waals surface area contributed by atoms with Crippen LogP contribution in [0.4, 0.5) is 0 Å². The molecular formula is C13H15NO4. The van der Waals surface area contributed by atoms with Gasteiger partial charge in [0.1, 0.15) is 6.10 Å². The molecule has 1 heterocycles. The number of benzene rings is 1. The molecule has 0 bridgehead atoms. The number of carboxylic acids is 1. The Kier molecular flexibility index (Phi) is 3.94. The SMILES string of the molecule is O=C(O)C1CCNC(=O)C(Cc2ccccc2)O1. The van der Waals surface area contributed by atoms with Crippen LogP contribution in [0, 0.1) is 0 Å². The molecule has 1 saturated heterocycles. The Balaban J connectivity index is 2.08. The number of carboxylic acid groups (broad SMARTS) is 1. The monoisotopic (exact) mass is 249 g/mol. The Labute approximate surface area is 105 Å². The minimum absolute atomic E-state index is 0.248. The first-order chi connectivity index (χ1) is 8.66. The summed E-state index contributed by atoms with van der Waals surface area (Å²) in [6, 6.07) is 9.41. The van der Waals surface area contributed by atoms with Gasteiger partial charge in [0.2, 0.25) is 5.91 Å². The average Bonchev–Trinajstić information content (AvgIpc) is 2.54. The summed E-state index contributed by atoms with van der Waals surface area (Å²) in [5, 5.41) is 11.6. The van der Waals surface area contributed by atoms with Gasteiger partial charge >= 0.3 is 5.97 Å². The first-order valence-electron chi connectivity index (χ1n) is 5.86. The number of aliphatic carboxylic acids is 1. The van der Waals surface area contributed by atoms with Gasteiger partial charge in [-0.25, -0.2) is 4.79 Å². The second-order valence-corrected chi connectivity index (χ2v) is 4.22. The minimum atomic E-state index is -1.02. The molecular weight excluding hydrogens is 234 g/mol. The molecule has 1 aromatic carbocycles. The summed E-state index contributed by atoms with van der Waals surface area (Å²) in [5.41, 5.74) is 0.948.